The zero-order valence-corrected chi connectivity index (χ0v) is 11.2. The first-order valence-corrected chi connectivity index (χ1v) is 6.55. The number of aromatic nitrogens is 2. The van der Waals surface area contributed by atoms with Gasteiger partial charge in [0.05, 0.1) is 12.1 Å². The molecule has 0 atom stereocenters. The number of H-pyrrole nitrogens is 1. The topological polar surface area (TPSA) is 98.3 Å². The summed E-state index contributed by atoms with van der Waals surface area (Å²) in [6.07, 6.45) is 4.03. The molecule has 1 aliphatic rings. The number of benzene rings is 1. The van der Waals surface area contributed by atoms with Crippen LogP contribution in [0.1, 0.15) is 21.7 Å². The van der Waals surface area contributed by atoms with Crippen molar-refractivity contribution in [3.63, 3.8) is 0 Å². The Bertz CT molecular complexity index is 682. The van der Waals surface area contributed by atoms with Gasteiger partial charge in [-0.05, 0) is 24.1 Å². The fraction of sp³-hybridized carbons (Fsp3) is 0.214. The van der Waals surface area contributed by atoms with E-state index in [1.807, 2.05) is 0 Å². The van der Waals surface area contributed by atoms with Crippen molar-refractivity contribution in [2.24, 2.45) is 0 Å². The molecule has 108 valence electrons. The lowest BCUT2D eigenvalue weighted by molar-refractivity contribution is 0.0697. The van der Waals surface area contributed by atoms with Crippen molar-refractivity contribution < 1.29 is 14.7 Å². The maximum Gasteiger partial charge on any atom is 0.335 e. The van der Waals surface area contributed by atoms with E-state index in [-0.39, 0.29) is 11.6 Å². The molecule has 0 bridgehead atoms. The molecule has 0 aliphatic carbocycles. The van der Waals surface area contributed by atoms with Gasteiger partial charge in [-0.15, -0.1) is 0 Å². The number of rotatable bonds is 3. The molecular weight excluding hydrogens is 272 g/mol. The lowest BCUT2D eigenvalue weighted by Gasteiger charge is -2.18. The third kappa shape index (κ3) is 2.58. The summed E-state index contributed by atoms with van der Waals surface area (Å²) >= 11 is 0. The molecule has 1 aliphatic heterocycles. The van der Waals surface area contributed by atoms with Crippen LogP contribution in [0.4, 0.5) is 10.5 Å². The highest BCUT2D eigenvalue weighted by molar-refractivity contribution is 5.96. The fourth-order valence-corrected chi connectivity index (χ4v) is 2.37. The van der Waals surface area contributed by atoms with Gasteiger partial charge in [-0.25, -0.2) is 14.6 Å². The fourth-order valence-electron chi connectivity index (χ4n) is 2.37. The van der Waals surface area contributed by atoms with E-state index in [0.717, 1.165) is 12.0 Å². The lowest BCUT2D eigenvalue weighted by Crippen LogP contribution is -2.38. The molecule has 0 radical (unpaired) electrons. The van der Waals surface area contributed by atoms with Gasteiger partial charge in [-0.2, -0.15) is 0 Å². The van der Waals surface area contributed by atoms with Gasteiger partial charge < -0.3 is 15.4 Å². The predicted molar refractivity (Wildman–Crippen MR) is 75.3 cm³/mol. The van der Waals surface area contributed by atoms with Crippen LogP contribution in [-0.4, -0.2) is 33.6 Å². The number of hydrogen-bond donors (Lipinski definition) is 3. The van der Waals surface area contributed by atoms with Crippen molar-refractivity contribution >= 4 is 17.7 Å². The van der Waals surface area contributed by atoms with Gasteiger partial charge in [0.15, 0.2) is 0 Å². The van der Waals surface area contributed by atoms with Gasteiger partial charge in [0.25, 0.3) is 0 Å². The van der Waals surface area contributed by atoms with Gasteiger partial charge in [0.1, 0.15) is 5.82 Å². The molecule has 0 saturated heterocycles. The maximum absolute atomic E-state index is 12.2. The van der Waals surface area contributed by atoms with Crippen molar-refractivity contribution in [1.29, 1.82) is 0 Å². The summed E-state index contributed by atoms with van der Waals surface area (Å²) in [6, 6.07) is 4.61. The van der Waals surface area contributed by atoms with E-state index in [1.54, 1.807) is 29.4 Å². The third-order valence-electron chi connectivity index (χ3n) is 3.43. The highest BCUT2D eigenvalue weighted by atomic mass is 16.4. The number of urea groups is 1. The molecule has 7 nitrogen and oxygen atoms in total. The standard InChI is InChI=1S/C14H14N4O3/c19-13(20)10-2-1-9-3-6-18(11(9)7-10)14(21)17-8-12-15-4-5-16-12/h1-2,4-5,7H,3,6,8H2,(H,15,16)(H,17,21)(H,19,20). The summed E-state index contributed by atoms with van der Waals surface area (Å²) < 4.78 is 0. The Morgan fingerprint density at radius 2 is 2.29 bits per heavy atom. The van der Waals surface area contributed by atoms with Crippen LogP contribution < -0.4 is 10.2 Å². The van der Waals surface area contributed by atoms with Crippen LogP contribution in [0, 0.1) is 0 Å². The van der Waals surface area contributed by atoms with Crippen LogP contribution in [-0.2, 0) is 13.0 Å². The average Bonchev–Trinajstić information content (AvgIpc) is 3.13. The molecular formula is C14H14N4O3. The highest BCUT2D eigenvalue weighted by Crippen LogP contribution is 2.29. The minimum Gasteiger partial charge on any atom is -0.478 e. The number of carbonyl (C=O) groups is 2. The molecule has 0 fully saturated rings. The number of carboxylic acids is 1. The Kier molecular flexibility index (Phi) is 3.31. The van der Waals surface area contributed by atoms with E-state index in [2.05, 4.69) is 15.3 Å². The average molecular weight is 286 g/mol. The lowest BCUT2D eigenvalue weighted by atomic mass is 10.1. The van der Waals surface area contributed by atoms with Gasteiger partial charge in [-0.1, -0.05) is 6.07 Å². The minimum atomic E-state index is -0.999. The normalized spacial score (nSPS) is 13.0. The van der Waals surface area contributed by atoms with Crippen molar-refractivity contribution in [3.05, 3.63) is 47.5 Å². The number of fused-ring (bicyclic) bond motifs is 1. The number of nitrogens with zero attached hydrogens (tertiary/aromatic N) is 2. The molecule has 0 saturated carbocycles. The number of amides is 2. The summed E-state index contributed by atoms with van der Waals surface area (Å²) in [5.41, 5.74) is 1.82. The molecule has 0 unspecified atom stereocenters. The first kappa shape index (κ1) is 13.2. The Labute approximate surface area is 120 Å². The first-order chi connectivity index (χ1) is 10.1. The SMILES string of the molecule is O=C(O)c1ccc2c(c1)N(C(=O)NCc1ncc[nH]1)CC2. The molecule has 2 heterocycles. The molecule has 7 heteroatoms. The van der Waals surface area contributed by atoms with Gasteiger partial charge in [-0.3, -0.25) is 4.90 Å². The number of carboxylic acid groups (broad SMARTS) is 1. The summed E-state index contributed by atoms with van der Waals surface area (Å²) in [7, 11) is 0. The number of aromatic amines is 1. The van der Waals surface area contributed by atoms with Crippen LogP contribution >= 0.6 is 0 Å². The van der Waals surface area contributed by atoms with Crippen LogP contribution in [0.5, 0.6) is 0 Å². The second kappa shape index (κ2) is 5.28. The second-order valence-corrected chi connectivity index (χ2v) is 4.74. The zero-order chi connectivity index (χ0) is 14.8. The monoisotopic (exact) mass is 286 g/mol. The van der Waals surface area contributed by atoms with Crippen molar-refractivity contribution in [1.82, 2.24) is 15.3 Å². The van der Waals surface area contributed by atoms with Crippen molar-refractivity contribution in [2.45, 2.75) is 13.0 Å². The van der Waals surface area contributed by atoms with E-state index in [0.29, 0.717) is 24.6 Å². The molecule has 2 amide bonds. The van der Waals surface area contributed by atoms with Gasteiger partial charge in [0.2, 0.25) is 0 Å². The largest absolute Gasteiger partial charge is 0.478 e. The van der Waals surface area contributed by atoms with E-state index in [9.17, 15) is 9.59 Å². The second-order valence-electron chi connectivity index (χ2n) is 4.74. The minimum absolute atomic E-state index is 0.180. The Balaban J connectivity index is 1.75. The number of hydrogen-bond acceptors (Lipinski definition) is 3. The van der Waals surface area contributed by atoms with E-state index in [4.69, 9.17) is 5.11 Å². The predicted octanol–water partition coefficient (Wildman–Crippen LogP) is 1.38. The summed E-state index contributed by atoms with van der Waals surface area (Å²) in [5, 5.41) is 11.8. The third-order valence-corrected chi connectivity index (χ3v) is 3.43. The molecule has 3 N–H and O–H groups in total. The van der Waals surface area contributed by atoms with Crippen LogP contribution in [0.25, 0.3) is 0 Å². The van der Waals surface area contributed by atoms with E-state index in [1.165, 1.54) is 6.07 Å². The number of aromatic carboxylic acids is 1. The van der Waals surface area contributed by atoms with Crippen LogP contribution in [0.2, 0.25) is 0 Å². The number of carbonyl (C=O) groups excluding carboxylic acids is 1. The zero-order valence-electron chi connectivity index (χ0n) is 11.2. The smallest absolute Gasteiger partial charge is 0.335 e. The molecule has 1 aromatic heterocycles. The maximum atomic E-state index is 12.2. The van der Waals surface area contributed by atoms with Crippen LogP contribution in [0.15, 0.2) is 30.6 Å². The molecule has 1 aromatic carbocycles. The quantitative estimate of drug-likeness (QED) is 0.793. The van der Waals surface area contributed by atoms with Gasteiger partial charge in [0, 0.05) is 24.6 Å². The van der Waals surface area contributed by atoms with E-state index >= 15 is 0 Å². The summed E-state index contributed by atoms with van der Waals surface area (Å²) in [4.78, 5) is 31.7. The molecule has 21 heavy (non-hydrogen) atoms. The summed E-state index contributed by atoms with van der Waals surface area (Å²) in [5.74, 6) is -0.331. The Hall–Kier alpha value is -2.83. The van der Waals surface area contributed by atoms with Crippen molar-refractivity contribution in [3.8, 4) is 0 Å². The molecule has 0 spiro atoms. The number of nitrogens with one attached hydrogen (secondary N) is 2. The Morgan fingerprint density at radius 3 is 3.00 bits per heavy atom. The molecule has 3 rings (SSSR count). The van der Waals surface area contributed by atoms with Crippen LogP contribution in [0.3, 0.4) is 0 Å². The van der Waals surface area contributed by atoms with Crippen molar-refractivity contribution in [2.75, 3.05) is 11.4 Å². The van der Waals surface area contributed by atoms with Gasteiger partial charge >= 0.3 is 12.0 Å². The highest BCUT2D eigenvalue weighted by Gasteiger charge is 2.25. The number of anilines is 1. The number of imidazole rings is 1. The van der Waals surface area contributed by atoms with E-state index < -0.39 is 5.97 Å². The Morgan fingerprint density at radius 1 is 1.43 bits per heavy atom. The summed E-state index contributed by atoms with van der Waals surface area (Å²) in [6.45, 7) is 0.846. The first-order valence-electron chi connectivity index (χ1n) is 6.55. The molecule has 2 aromatic rings.